The van der Waals surface area contributed by atoms with Crippen molar-refractivity contribution >= 4 is 17.5 Å². The van der Waals surface area contributed by atoms with Crippen LogP contribution in [-0.4, -0.2) is 49.0 Å². The summed E-state index contributed by atoms with van der Waals surface area (Å²) in [6.45, 7) is 2.58. The lowest BCUT2D eigenvalue weighted by molar-refractivity contribution is 0.0597. The van der Waals surface area contributed by atoms with Gasteiger partial charge in [0, 0.05) is 36.8 Å². The zero-order valence-electron chi connectivity index (χ0n) is 17.3. The molecule has 1 heterocycles. The van der Waals surface area contributed by atoms with Crippen LogP contribution in [-0.2, 0) is 0 Å². The molecule has 0 bridgehead atoms. The van der Waals surface area contributed by atoms with Crippen LogP contribution in [0.3, 0.4) is 0 Å². The van der Waals surface area contributed by atoms with Gasteiger partial charge in [-0.3, -0.25) is 9.69 Å². The van der Waals surface area contributed by atoms with E-state index in [1.807, 2.05) is 30.3 Å². The lowest BCUT2D eigenvalue weighted by Crippen LogP contribution is -2.49. The monoisotopic (exact) mass is 438 g/mol. The maximum absolute atomic E-state index is 14.0. The van der Waals surface area contributed by atoms with Crippen molar-refractivity contribution in [2.24, 2.45) is 0 Å². The molecule has 3 aromatic rings. The Morgan fingerprint density at radius 2 is 1.58 bits per heavy atom. The van der Waals surface area contributed by atoms with Gasteiger partial charge in [-0.25, -0.2) is 4.39 Å². The Morgan fingerprint density at radius 1 is 0.935 bits per heavy atom. The average Bonchev–Trinajstić information content (AvgIpc) is 2.81. The third-order valence-electron chi connectivity index (χ3n) is 5.67. The zero-order valence-corrected chi connectivity index (χ0v) is 18.1. The first-order chi connectivity index (χ1) is 15.1. The Bertz CT molecular complexity index is 1040. The van der Waals surface area contributed by atoms with Crippen LogP contribution >= 0.6 is 11.6 Å². The molecule has 0 aliphatic carbocycles. The highest BCUT2D eigenvalue weighted by atomic mass is 35.5. The molecule has 0 radical (unpaired) electrons. The van der Waals surface area contributed by atoms with E-state index in [1.165, 1.54) is 24.8 Å². The molecule has 31 heavy (non-hydrogen) atoms. The van der Waals surface area contributed by atoms with Crippen LogP contribution in [0.5, 0.6) is 5.75 Å². The molecule has 1 aliphatic rings. The second-order valence-electron chi connectivity index (χ2n) is 7.54. The molecule has 1 atom stereocenters. The van der Waals surface area contributed by atoms with Gasteiger partial charge in [0.05, 0.1) is 13.2 Å². The van der Waals surface area contributed by atoms with Crippen LogP contribution in [0.1, 0.15) is 27.5 Å². The van der Waals surface area contributed by atoms with E-state index in [0.717, 1.165) is 5.56 Å². The van der Waals surface area contributed by atoms with E-state index >= 15 is 0 Å². The first-order valence-corrected chi connectivity index (χ1v) is 10.6. The van der Waals surface area contributed by atoms with Crippen LogP contribution in [0.15, 0.2) is 72.8 Å². The second-order valence-corrected chi connectivity index (χ2v) is 7.98. The minimum absolute atomic E-state index is 0.0779. The van der Waals surface area contributed by atoms with Gasteiger partial charge in [0.15, 0.2) is 11.6 Å². The number of hydrogen-bond donors (Lipinski definition) is 0. The highest BCUT2D eigenvalue weighted by molar-refractivity contribution is 6.30. The summed E-state index contributed by atoms with van der Waals surface area (Å²) in [4.78, 5) is 17.0. The van der Waals surface area contributed by atoms with E-state index in [1.54, 1.807) is 11.0 Å². The van der Waals surface area contributed by atoms with Crippen molar-refractivity contribution in [1.82, 2.24) is 9.80 Å². The minimum Gasteiger partial charge on any atom is -0.494 e. The van der Waals surface area contributed by atoms with E-state index in [9.17, 15) is 9.18 Å². The number of benzene rings is 3. The third-order valence-corrected chi connectivity index (χ3v) is 5.92. The van der Waals surface area contributed by atoms with Gasteiger partial charge < -0.3 is 9.64 Å². The SMILES string of the molecule is COc1ccc(C(=O)N2CCN([C@@H](c3ccccc3)c3ccc(Cl)cc3)CC2)cc1F. The van der Waals surface area contributed by atoms with Crippen LogP contribution in [0, 0.1) is 5.82 Å². The van der Waals surface area contributed by atoms with Gasteiger partial charge >= 0.3 is 0 Å². The lowest BCUT2D eigenvalue weighted by atomic mass is 9.96. The molecule has 6 heteroatoms. The summed E-state index contributed by atoms with van der Waals surface area (Å²) >= 11 is 6.10. The Kier molecular flexibility index (Phi) is 6.54. The van der Waals surface area contributed by atoms with Crippen LogP contribution in [0.2, 0.25) is 5.02 Å². The van der Waals surface area contributed by atoms with E-state index in [-0.39, 0.29) is 17.7 Å². The number of methoxy groups -OCH3 is 1. The molecule has 0 spiro atoms. The number of nitrogens with zero attached hydrogens (tertiary/aromatic N) is 2. The van der Waals surface area contributed by atoms with Gasteiger partial charge in [0.1, 0.15) is 0 Å². The van der Waals surface area contributed by atoms with Gasteiger partial charge in [-0.2, -0.15) is 0 Å². The van der Waals surface area contributed by atoms with Crippen molar-refractivity contribution in [2.75, 3.05) is 33.3 Å². The van der Waals surface area contributed by atoms with Gasteiger partial charge in [0.2, 0.25) is 0 Å². The number of amides is 1. The van der Waals surface area contributed by atoms with Gasteiger partial charge in [-0.05, 0) is 41.5 Å². The van der Waals surface area contributed by atoms with Crippen molar-refractivity contribution in [2.45, 2.75) is 6.04 Å². The summed E-state index contributed by atoms with van der Waals surface area (Å²) < 4.78 is 19.0. The summed E-state index contributed by atoms with van der Waals surface area (Å²) in [5.41, 5.74) is 2.69. The Hall–Kier alpha value is -2.89. The van der Waals surface area contributed by atoms with Gasteiger partial charge in [-0.1, -0.05) is 54.1 Å². The molecule has 1 saturated heterocycles. The van der Waals surface area contributed by atoms with Crippen LogP contribution < -0.4 is 4.74 Å². The molecule has 4 nitrogen and oxygen atoms in total. The fourth-order valence-corrected chi connectivity index (χ4v) is 4.19. The largest absolute Gasteiger partial charge is 0.494 e. The second kappa shape index (κ2) is 9.50. The number of hydrogen-bond acceptors (Lipinski definition) is 3. The van der Waals surface area contributed by atoms with E-state index < -0.39 is 5.82 Å². The van der Waals surface area contributed by atoms with Crippen molar-refractivity contribution in [3.8, 4) is 5.75 Å². The summed E-state index contributed by atoms with van der Waals surface area (Å²) in [6, 6.07) is 22.7. The first kappa shape index (κ1) is 21.3. The summed E-state index contributed by atoms with van der Waals surface area (Å²) in [6.07, 6.45) is 0. The first-order valence-electron chi connectivity index (χ1n) is 10.2. The summed E-state index contributed by atoms with van der Waals surface area (Å²) in [7, 11) is 1.41. The van der Waals surface area contributed by atoms with Crippen molar-refractivity contribution < 1.29 is 13.9 Å². The number of piperazine rings is 1. The van der Waals surface area contributed by atoms with Crippen LogP contribution in [0.4, 0.5) is 4.39 Å². The molecule has 4 rings (SSSR count). The van der Waals surface area contributed by atoms with Crippen molar-refractivity contribution in [3.63, 3.8) is 0 Å². The van der Waals surface area contributed by atoms with Crippen LogP contribution in [0.25, 0.3) is 0 Å². The number of ether oxygens (including phenoxy) is 1. The zero-order chi connectivity index (χ0) is 21.8. The molecule has 1 aliphatic heterocycles. The average molecular weight is 439 g/mol. The maximum atomic E-state index is 14.0. The molecule has 0 N–H and O–H groups in total. The predicted octanol–water partition coefficient (Wildman–Crippen LogP) is 5.04. The molecule has 3 aromatic carbocycles. The number of rotatable bonds is 5. The fraction of sp³-hybridized carbons (Fsp3) is 0.240. The molecule has 0 aromatic heterocycles. The van der Waals surface area contributed by atoms with Gasteiger partial charge in [-0.15, -0.1) is 0 Å². The molecule has 1 fully saturated rings. The minimum atomic E-state index is -0.529. The maximum Gasteiger partial charge on any atom is 0.254 e. The topological polar surface area (TPSA) is 32.8 Å². The summed E-state index contributed by atoms with van der Waals surface area (Å²) in [5, 5.41) is 0.706. The Labute approximate surface area is 186 Å². The van der Waals surface area contributed by atoms with Crippen molar-refractivity contribution in [1.29, 1.82) is 0 Å². The third kappa shape index (κ3) is 4.73. The standard InChI is InChI=1S/C25H24ClFN2O2/c1-31-23-12-9-20(17-22(23)27)25(30)29-15-13-28(14-16-29)24(18-5-3-2-4-6-18)19-7-10-21(26)11-8-19/h2-12,17,24H,13-16H2,1H3/t24-/m0/s1. The normalized spacial score (nSPS) is 15.5. The van der Waals surface area contributed by atoms with E-state index in [4.69, 9.17) is 16.3 Å². The predicted molar refractivity (Wildman–Crippen MR) is 120 cm³/mol. The summed E-state index contributed by atoms with van der Waals surface area (Å²) in [5.74, 6) is -0.558. The highest BCUT2D eigenvalue weighted by Crippen LogP contribution is 2.30. The van der Waals surface area contributed by atoms with E-state index in [2.05, 4.69) is 29.2 Å². The Balaban J connectivity index is 1.50. The lowest BCUT2D eigenvalue weighted by Gasteiger charge is -2.39. The molecule has 0 unspecified atom stereocenters. The number of carbonyl (C=O) groups is 1. The fourth-order valence-electron chi connectivity index (χ4n) is 4.06. The quantitative estimate of drug-likeness (QED) is 0.559. The number of halogens is 2. The van der Waals surface area contributed by atoms with E-state index in [0.29, 0.717) is 36.8 Å². The smallest absolute Gasteiger partial charge is 0.254 e. The molecular weight excluding hydrogens is 415 g/mol. The molecule has 1 amide bonds. The van der Waals surface area contributed by atoms with Gasteiger partial charge in [0.25, 0.3) is 5.91 Å². The Morgan fingerprint density at radius 3 is 2.19 bits per heavy atom. The molecule has 0 saturated carbocycles. The van der Waals surface area contributed by atoms with Crippen molar-refractivity contribution in [3.05, 3.63) is 100 Å². The molecular formula is C25H24ClFN2O2. The molecule has 160 valence electrons. The number of carbonyl (C=O) groups excluding carboxylic acids is 1. The highest BCUT2D eigenvalue weighted by Gasteiger charge is 2.28.